The summed E-state index contributed by atoms with van der Waals surface area (Å²) < 4.78 is 11.6. The van der Waals surface area contributed by atoms with Crippen molar-refractivity contribution in [3.63, 3.8) is 0 Å². The summed E-state index contributed by atoms with van der Waals surface area (Å²) in [5, 5.41) is 0. The van der Waals surface area contributed by atoms with Crippen LogP contribution in [0.15, 0.2) is 0 Å². The lowest BCUT2D eigenvalue weighted by atomic mass is 10.3. The first-order chi connectivity index (χ1) is 7.67. The molecule has 0 rings (SSSR count). The second-order valence-corrected chi connectivity index (χ2v) is 5.50. The second kappa shape index (κ2) is 11.9. The van der Waals surface area contributed by atoms with Gasteiger partial charge in [-0.3, -0.25) is 0 Å². The van der Waals surface area contributed by atoms with Crippen LogP contribution in [0.3, 0.4) is 0 Å². The smallest absolute Gasteiger partial charge is 0.136 e. The fourth-order valence-electron chi connectivity index (χ4n) is 2.04. The fourth-order valence-corrected chi connectivity index (χ4v) is 2.97. The Morgan fingerprint density at radius 2 is 1.47 bits per heavy atom. The molecule has 0 saturated heterocycles. The Labute approximate surface area is 127 Å². The van der Waals surface area contributed by atoms with E-state index in [1.165, 1.54) is 43.1 Å². The monoisotopic (exact) mass is 373 g/mol. The van der Waals surface area contributed by atoms with Gasteiger partial charge in [-0.05, 0) is 27.2 Å². The third-order valence-corrected chi connectivity index (χ3v) is 5.01. The Morgan fingerprint density at radius 3 is 1.82 bits per heavy atom. The number of hydrogen-bond donors (Lipinski definition) is 0. The molecule has 0 unspecified atom stereocenters. The Hall–Kier alpha value is 0.827. The van der Waals surface area contributed by atoms with Gasteiger partial charge in [-0.2, -0.15) is 0 Å². The molecule has 0 heterocycles. The summed E-state index contributed by atoms with van der Waals surface area (Å²) in [6.45, 7) is 11.9. The molecule has 0 N–H and O–H groups in total. The van der Waals surface area contributed by atoms with Crippen molar-refractivity contribution < 1.29 is 37.9 Å². The van der Waals surface area contributed by atoms with Gasteiger partial charge < -0.3 is 37.9 Å². The Morgan fingerprint density at radius 1 is 1.00 bits per heavy atom. The first kappa shape index (κ1) is 20.2. The van der Waals surface area contributed by atoms with Crippen LogP contribution in [0.1, 0.15) is 27.2 Å². The molecule has 0 bridgehead atoms. The van der Waals surface area contributed by atoms with E-state index in [1.807, 2.05) is 0 Å². The van der Waals surface area contributed by atoms with E-state index in [0.717, 1.165) is 9.52 Å². The SMILES string of the molecule is CC[N+](CC)(CC)CCC[Si]C(OC)OC.[I-]. The van der Waals surface area contributed by atoms with Crippen LogP contribution in [0, 0.1) is 0 Å². The van der Waals surface area contributed by atoms with Crippen molar-refractivity contribution in [1.82, 2.24) is 0 Å². The molecular formula is C12H28INO2Si. The number of rotatable bonds is 10. The fraction of sp³-hybridized carbons (Fsp3) is 1.00. The van der Waals surface area contributed by atoms with E-state index >= 15 is 0 Å². The Bertz CT molecular complexity index is 156. The zero-order valence-electron chi connectivity index (χ0n) is 12.0. The minimum atomic E-state index is 0. The van der Waals surface area contributed by atoms with Crippen molar-refractivity contribution in [2.45, 2.75) is 39.1 Å². The molecular weight excluding hydrogens is 345 g/mol. The number of hydrogen-bond acceptors (Lipinski definition) is 2. The Kier molecular flexibility index (Phi) is 14.1. The van der Waals surface area contributed by atoms with Crippen molar-refractivity contribution in [2.75, 3.05) is 40.4 Å². The van der Waals surface area contributed by atoms with Gasteiger partial charge in [0.15, 0.2) is 0 Å². The molecule has 0 aromatic heterocycles. The largest absolute Gasteiger partial charge is 1.00 e. The molecule has 5 heteroatoms. The molecule has 0 aliphatic rings. The number of nitrogens with zero attached hydrogens (tertiary/aromatic N) is 1. The molecule has 2 radical (unpaired) electrons. The predicted octanol–water partition coefficient (Wildman–Crippen LogP) is -1.04. The summed E-state index contributed by atoms with van der Waals surface area (Å²) in [4.78, 5) is 0. The number of ether oxygens (including phenoxy) is 2. The summed E-state index contributed by atoms with van der Waals surface area (Å²) in [5.41, 5.74) is 0. The van der Waals surface area contributed by atoms with Crippen LogP contribution in [0.4, 0.5) is 0 Å². The molecule has 3 nitrogen and oxygen atoms in total. The van der Waals surface area contributed by atoms with Gasteiger partial charge in [-0.25, -0.2) is 0 Å². The molecule has 0 aromatic carbocycles. The maximum Gasteiger partial charge on any atom is 0.136 e. The molecule has 0 saturated carbocycles. The highest BCUT2D eigenvalue weighted by molar-refractivity contribution is 6.36. The van der Waals surface area contributed by atoms with E-state index < -0.39 is 0 Å². The minimum absolute atomic E-state index is 0. The van der Waals surface area contributed by atoms with Crippen LogP contribution >= 0.6 is 0 Å². The summed E-state index contributed by atoms with van der Waals surface area (Å²) in [7, 11) is 4.19. The zero-order chi connectivity index (χ0) is 12.4. The topological polar surface area (TPSA) is 18.5 Å². The van der Waals surface area contributed by atoms with Crippen molar-refractivity contribution in [1.29, 1.82) is 0 Å². The van der Waals surface area contributed by atoms with Crippen LogP contribution in [0.2, 0.25) is 6.04 Å². The lowest BCUT2D eigenvalue weighted by molar-refractivity contribution is -0.923. The van der Waals surface area contributed by atoms with Gasteiger partial charge in [0.1, 0.15) is 15.4 Å². The molecule has 0 amide bonds. The first-order valence-corrected chi connectivity index (χ1v) is 7.60. The predicted molar refractivity (Wildman–Crippen MR) is 69.7 cm³/mol. The van der Waals surface area contributed by atoms with Gasteiger partial charge in [-0.1, -0.05) is 6.04 Å². The van der Waals surface area contributed by atoms with Crippen molar-refractivity contribution in [3.8, 4) is 0 Å². The highest BCUT2D eigenvalue weighted by Crippen LogP contribution is 2.09. The molecule has 0 spiro atoms. The van der Waals surface area contributed by atoms with Crippen LogP contribution in [-0.4, -0.2) is 60.3 Å². The highest BCUT2D eigenvalue weighted by Gasteiger charge is 2.20. The molecule has 0 aliphatic heterocycles. The van der Waals surface area contributed by atoms with Crippen LogP contribution < -0.4 is 24.0 Å². The third kappa shape index (κ3) is 7.76. The quantitative estimate of drug-likeness (QED) is 0.160. The maximum absolute atomic E-state index is 5.20. The second-order valence-electron chi connectivity index (χ2n) is 4.12. The van der Waals surface area contributed by atoms with Gasteiger partial charge in [0, 0.05) is 14.2 Å². The van der Waals surface area contributed by atoms with Crippen molar-refractivity contribution >= 4 is 9.52 Å². The highest BCUT2D eigenvalue weighted by atomic mass is 127. The number of halogens is 1. The lowest BCUT2D eigenvalue weighted by Gasteiger charge is -2.35. The molecule has 104 valence electrons. The summed E-state index contributed by atoms with van der Waals surface area (Å²) in [6, 6.07) is 1.21. The average molecular weight is 373 g/mol. The number of methoxy groups -OCH3 is 2. The zero-order valence-corrected chi connectivity index (χ0v) is 15.1. The molecule has 0 atom stereocenters. The van der Waals surface area contributed by atoms with Gasteiger partial charge in [-0.15, -0.1) is 0 Å². The third-order valence-electron chi connectivity index (χ3n) is 3.56. The lowest BCUT2D eigenvalue weighted by Crippen LogP contribution is -3.00. The Balaban J connectivity index is 0. The number of quaternary nitrogens is 1. The van der Waals surface area contributed by atoms with Gasteiger partial charge in [0.05, 0.1) is 26.2 Å². The normalized spacial score (nSPS) is 11.6. The standard InChI is InChI=1S/C12H28NO2Si.HI/c1-6-13(7-2,8-3)10-9-11-16-12(14-4)15-5;/h12H,6-11H2,1-5H3;1H/q+1;/p-1. The van der Waals surface area contributed by atoms with Crippen LogP contribution in [0.5, 0.6) is 0 Å². The summed E-state index contributed by atoms with van der Waals surface area (Å²) >= 11 is 0. The van der Waals surface area contributed by atoms with Gasteiger partial charge >= 0.3 is 0 Å². The van der Waals surface area contributed by atoms with Crippen molar-refractivity contribution in [3.05, 3.63) is 0 Å². The van der Waals surface area contributed by atoms with Crippen LogP contribution in [-0.2, 0) is 9.47 Å². The molecule has 0 fully saturated rings. The van der Waals surface area contributed by atoms with Gasteiger partial charge in [0.25, 0.3) is 0 Å². The van der Waals surface area contributed by atoms with E-state index in [4.69, 9.17) is 9.47 Å². The van der Waals surface area contributed by atoms with E-state index in [1.54, 1.807) is 14.2 Å². The van der Waals surface area contributed by atoms with Crippen molar-refractivity contribution in [2.24, 2.45) is 0 Å². The van der Waals surface area contributed by atoms with Crippen LogP contribution in [0.25, 0.3) is 0 Å². The van der Waals surface area contributed by atoms with E-state index in [2.05, 4.69) is 20.8 Å². The maximum atomic E-state index is 5.20. The molecule has 0 aliphatic carbocycles. The van der Waals surface area contributed by atoms with E-state index in [-0.39, 0.29) is 29.9 Å². The summed E-state index contributed by atoms with van der Waals surface area (Å²) in [6.07, 6.45) is 1.27. The van der Waals surface area contributed by atoms with E-state index in [9.17, 15) is 0 Å². The molecule has 0 aromatic rings. The average Bonchev–Trinajstić information content (AvgIpc) is 2.35. The minimum Gasteiger partial charge on any atom is -1.00 e. The van der Waals surface area contributed by atoms with Gasteiger partial charge in [0.2, 0.25) is 0 Å². The molecule has 17 heavy (non-hydrogen) atoms. The first-order valence-electron chi connectivity index (χ1n) is 6.32. The summed E-state index contributed by atoms with van der Waals surface area (Å²) in [5.74, 6) is 0.00628. The van der Waals surface area contributed by atoms with E-state index in [0.29, 0.717) is 0 Å².